The molecule has 0 radical (unpaired) electrons. The van der Waals surface area contributed by atoms with E-state index in [1.807, 2.05) is 19.0 Å². The van der Waals surface area contributed by atoms with Crippen LogP contribution in [-0.4, -0.2) is 24.0 Å². The van der Waals surface area contributed by atoms with Crippen LogP contribution in [0.25, 0.3) is 0 Å². The lowest BCUT2D eigenvalue weighted by Gasteiger charge is -2.03. The molecule has 0 unspecified atom stereocenters. The van der Waals surface area contributed by atoms with Crippen LogP contribution in [0.15, 0.2) is 10.7 Å². The van der Waals surface area contributed by atoms with E-state index in [0.29, 0.717) is 6.54 Å². The third kappa shape index (κ3) is 2.32. The van der Waals surface area contributed by atoms with Gasteiger partial charge in [0, 0.05) is 6.54 Å². The second-order valence-electron chi connectivity index (χ2n) is 2.67. The Bertz CT molecular complexity index is 219. The number of hydrogen-bond acceptors (Lipinski definition) is 4. The molecule has 1 rings (SSSR count). The maximum Gasteiger partial charge on any atom is 0.208 e. The Hall–Kier alpha value is -0.870. The van der Waals surface area contributed by atoms with E-state index < -0.39 is 0 Å². The largest absolute Gasteiger partial charge is 0.447 e. The van der Waals surface area contributed by atoms with E-state index in [-0.39, 0.29) is 0 Å². The molecule has 4 nitrogen and oxygen atoms in total. The van der Waals surface area contributed by atoms with Crippen molar-refractivity contribution in [3.8, 4) is 0 Å². The molecule has 1 aromatic heterocycles. The van der Waals surface area contributed by atoms with Crippen molar-refractivity contribution in [3.05, 3.63) is 17.8 Å². The van der Waals surface area contributed by atoms with Crippen molar-refractivity contribution in [2.24, 2.45) is 5.73 Å². The summed E-state index contributed by atoms with van der Waals surface area (Å²) in [7, 11) is 3.93. The van der Waals surface area contributed by atoms with Gasteiger partial charge >= 0.3 is 0 Å². The number of aromatic nitrogens is 1. The SMILES string of the molecule is CN(C)Cc1nc(CN)co1. The summed E-state index contributed by atoms with van der Waals surface area (Å²) in [6.07, 6.45) is 1.60. The normalized spacial score (nSPS) is 10.9. The summed E-state index contributed by atoms with van der Waals surface area (Å²) in [6.45, 7) is 1.16. The van der Waals surface area contributed by atoms with E-state index in [1.165, 1.54) is 0 Å². The molecule has 62 valence electrons. The topological polar surface area (TPSA) is 55.3 Å². The molecule has 11 heavy (non-hydrogen) atoms. The summed E-state index contributed by atoms with van der Waals surface area (Å²) in [4.78, 5) is 6.13. The minimum atomic E-state index is 0.441. The zero-order chi connectivity index (χ0) is 8.27. The Kier molecular flexibility index (Phi) is 2.62. The van der Waals surface area contributed by atoms with Gasteiger partial charge < -0.3 is 15.1 Å². The standard InChI is InChI=1S/C7H13N3O/c1-10(2)4-7-9-6(3-8)5-11-7/h5H,3-4,8H2,1-2H3. The van der Waals surface area contributed by atoms with Crippen molar-refractivity contribution in [3.63, 3.8) is 0 Å². The highest BCUT2D eigenvalue weighted by atomic mass is 16.3. The quantitative estimate of drug-likeness (QED) is 0.677. The average Bonchev–Trinajstić information content (AvgIpc) is 2.34. The molecule has 1 heterocycles. The Morgan fingerprint density at radius 2 is 2.36 bits per heavy atom. The summed E-state index contributed by atoms with van der Waals surface area (Å²) in [5, 5.41) is 0. The molecule has 0 aliphatic heterocycles. The van der Waals surface area contributed by atoms with Crippen LogP contribution in [0, 0.1) is 0 Å². The number of oxazole rings is 1. The Morgan fingerprint density at radius 3 is 2.82 bits per heavy atom. The van der Waals surface area contributed by atoms with Gasteiger partial charge in [-0.25, -0.2) is 4.98 Å². The predicted octanol–water partition coefficient (Wildman–Crippen LogP) is 0.195. The highest BCUT2D eigenvalue weighted by molar-refractivity contribution is 4.95. The van der Waals surface area contributed by atoms with Crippen LogP contribution in [0.1, 0.15) is 11.6 Å². The maximum absolute atomic E-state index is 5.36. The molecule has 0 spiro atoms. The van der Waals surface area contributed by atoms with E-state index in [2.05, 4.69) is 4.98 Å². The summed E-state index contributed by atoms with van der Waals surface area (Å²) >= 11 is 0. The maximum atomic E-state index is 5.36. The van der Waals surface area contributed by atoms with Gasteiger partial charge in [0.1, 0.15) is 6.26 Å². The first kappa shape index (κ1) is 8.23. The van der Waals surface area contributed by atoms with Crippen LogP contribution in [-0.2, 0) is 13.1 Å². The van der Waals surface area contributed by atoms with E-state index in [9.17, 15) is 0 Å². The second kappa shape index (κ2) is 3.50. The third-order valence-corrected chi connectivity index (χ3v) is 1.26. The van der Waals surface area contributed by atoms with Crippen LogP contribution in [0.5, 0.6) is 0 Å². The van der Waals surface area contributed by atoms with Gasteiger partial charge in [-0.2, -0.15) is 0 Å². The number of nitrogens with two attached hydrogens (primary N) is 1. The van der Waals surface area contributed by atoms with Crippen LogP contribution in [0.4, 0.5) is 0 Å². The first-order chi connectivity index (χ1) is 5.22. The zero-order valence-corrected chi connectivity index (χ0v) is 6.87. The van der Waals surface area contributed by atoms with E-state index in [4.69, 9.17) is 10.2 Å². The summed E-state index contributed by atoms with van der Waals surface area (Å²) < 4.78 is 5.13. The minimum absolute atomic E-state index is 0.441. The monoisotopic (exact) mass is 155 g/mol. The lowest BCUT2D eigenvalue weighted by Crippen LogP contribution is -2.11. The molecule has 0 saturated carbocycles. The fraction of sp³-hybridized carbons (Fsp3) is 0.571. The van der Waals surface area contributed by atoms with Crippen LogP contribution in [0.3, 0.4) is 0 Å². The fourth-order valence-corrected chi connectivity index (χ4v) is 0.786. The van der Waals surface area contributed by atoms with Crippen LogP contribution < -0.4 is 5.73 Å². The molecular weight excluding hydrogens is 142 g/mol. The molecule has 0 amide bonds. The van der Waals surface area contributed by atoms with Gasteiger partial charge in [0.05, 0.1) is 12.2 Å². The number of rotatable bonds is 3. The smallest absolute Gasteiger partial charge is 0.208 e. The van der Waals surface area contributed by atoms with Crippen molar-refractivity contribution >= 4 is 0 Å². The number of hydrogen-bond donors (Lipinski definition) is 1. The summed E-state index contributed by atoms with van der Waals surface area (Å²) in [5.74, 6) is 0.718. The molecule has 2 N–H and O–H groups in total. The first-order valence-electron chi connectivity index (χ1n) is 3.50. The molecule has 1 aromatic rings. The molecule has 0 aliphatic rings. The summed E-state index contributed by atoms with van der Waals surface area (Å²) in [5.41, 5.74) is 6.17. The van der Waals surface area contributed by atoms with Crippen LogP contribution in [0.2, 0.25) is 0 Å². The first-order valence-corrected chi connectivity index (χ1v) is 3.50. The highest BCUT2D eigenvalue weighted by Gasteiger charge is 2.02. The third-order valence-electron chi connectivity index (χ3n) is 1.26. The van der Waals surface area contributed by atoms with Gasteiger partial charge in [-0.1, -0.05) is 0 Å². The van der Waals surface area contributed by atoms with Crippen LogP contribution >= 0.6 is 0 Å². The molecule has 0 bridgehead atoms. The average molecular weight is 155 g/mol. The second-order valence-corrected chi connectivity index (χ2v) is 2.67. The minimum Gasteiger partial charge on any atom is -0.447 e. The lowest BCUT2D eigenvalue weighted by molar-refractivity contribution is 0.341. The van der Waals surface area contributed by atoms with Gasteiger partial charge in [0.2, 0.25) is 5.89 Å². The van der Waals surface area contributed by atoms with Gasteiger partial charge in [0.15, 0.2) is 0 Å². The molecule has 0 aromatic carbocycles. The lowest BCUT2D eigenvalue weighted by atomic mass is 10.5. The van der Waals surface area contributed by atoms with Crippen molar-refractivity contribution in [1.29, 1.82) is 0 Å². The molecule has 4 heteroatoms. The van der Waals surface area contributed by atoms with E-state index >= 15 is 0 Å². The highest BCUT2D eigenvalue weighted by Crippen LogP contribution is 2.02. The van der Waals surface area contributed by atoms with Gasteiger partial charge in [-0.3, -0.25) is 0 Å². The van der Waals surface area contributed by atoms with Crippen molar-refractivity contribution in [2.45, 2.75) is 13.1 Å². The predicted molar refractivity (Wildman–Crippen MR) is 41.8 cm³/mol. The molecule has 0 saturated heterocycles. The Morgan fingerprint density at radius 1 is 1.64 bits per heavy atom. The van der Waals surface area contributed by atoms with Gasteiger partial charge in [0.25, 0.3) is 0 Å². The molecule has 0 aliphatic carbocycles. The molecule has 0 atom stereocenters. The van der Waals surface area contributed by atoms with Crippen molar-refractivity contribution in [2.75, 3.05) is 14.1 Å². The summed E-state index contributed by atoms with van der Waals surface area (Å²) in [6, 6.07) is 0. The molecular formula is C7H13N3O. The Labute approximate surface area is 66.0 Å². The van der Waals surface area contributed by atoms with Crippen molar-refractivity contribution in [1.82, 2.24) is 9.88 Å². The molecule has 0 fully saturated rings. The van der Waals surface area contributed by atoms with Gasteiger partial charge in [-0.15, -0.1) is 0 Å². The Balaban J connectivity index is 2.58. The van der Waals surface area contributed by atoms with Crippen molar-refractivity contribution < 1.29 is 4.42 Å². The van der Waals surface area contributed by atoms with E-state index in [0.717, 1.165) is 18.1 Å². The fourth-order valence-electron chi connectivity index (χ4n) is 0.786. The zero-order valence-electron chi connectivity index (χ0n) is 6.87. The van der Waals surface area contributed by atoms with Gasteiger partial charge in [-0.05, 0) is 14.1 Å². The van der Waals surface area contributed by atoms with E-state index in [1.54, 1.807) is 6.26 Å². The number of nitrogens with zero attached hydrogens (tertiary/aromatic N) is 2.